The van der Waals surface area contributed by atoms with Crippen molar-refractivity contribution < 1.29 is 19.5 Å². The Bertz CT molecular complexity index is 1020. The van der Waals surface area contributed by atoms with Crippen LogP contribution in [0.3, 0.4) is 0 Å². The van der Waals surface area contributed by atoms with Gasteiger partial charge < -0.3 is 19.5 Å². The lowest BCUT2D eigenvalue weighted by molar-refractivity contribution is 0.0532. The van der Waals surface area contributed by atoms with E-state index in [1.165, 1.54) is 0 Å². The molecular weight excluding hydrogens is 418 g/mol. The second-order valence-electron chi connectivity index (χ2n) is 9.54. The SMILES string of the molecule is Cc1cc(-c2noc(-c3cc(CC(C)C)nc(CC(C)C)c3)n2)cc(C)c1OC[C@@H](O)CO. The summed E-state index contributed by atoms with van der Waals surface area (Å²) in [6.07, 6.45) is 0.875. The first-order chi connectivity index (χ1) is 15.7. The standard InChI is InChI=1S/C26H35N3O4/c1-15(2)7-21-11-20(12-22(27-21)8-16(3)4)26-28-25(29-33-26)19-9-17(5)24(18(6)10-19)32-14-23(31)13-30/h9-12,15-16,23,30-31H,7-8,13-14H2,1-6H3/t23-/m0/s1. The molecule has 1 atom stereocenters. The molecule has 0 saturated carbocycles. The minimum atomic E-state index is -0.912. The van der Waals surface area contributed by atoms with Crippen LogP contribution in [0, 0.1) is 25.7 Å². The van der Waals surface area contributed by atoms with Crippen molar-refractivity contribution in [3.8, 4) is 28.6 Å². The van der Waals surface area contributed by atoms with Gasteiger partial charge in [0.2, 0.25) is 5.82 Å². The third-order valence-corrected chi connectivity index (χ3v) is 5.19. The molecule has 7 nitrogen and oxygen atoms in total. The number of aliphatic hydroxyl groups is 2. The summed E-state index contributed by atoms with van der Waals surface area (Å²) in [6.45, 7) is 12.3. The minimum absolute atomic E-state index is 0.0311. The van der Waals surface area contributed by atoms with Crippen LogP contribution < -0.4 is 4.74 Å². The number of ether oxygens (including phenoxy) is 1. The second kappa shape index (κ2) is 10.9. The van der Waals surface area contributed by atoms with Crippen LogP contribution in [0.25, 0.3) is 22.8 Å². The average Bonchev–Trinajstić information content (AvgIpc) is 3.22. The van der Waals surface area contributed by atoms with Crippen molar-refractivity contribution in [1.29, 1.82) is 0 Å². The zero-order chi connectivity index (χ0) is 24.1. The molecule has 0 radical (unpaired) electrons. The van der Waals surface area contributed by atoms with Gasteiger partial charge in [0.15, 0.2) is 0 Å². The Morgan fingerprint density at radius 1 is 0.879 bits per heavy atom. The van der Waals surface area contributed by atoms with Crippen molar-refractivity contribution in [2.24, 2.45) is 11.8 Å². The summed E-state index contributed by atoms with van der Waals surface area (Å²) in [5.74, 6) is 2.67. The summed E-state index contributed by atoms with van der Waals surface area (Å²) >= 11 is 0. The maximum Gasteiger partial charge on any atom is 0.258 e. The molecular formula is C26H35N3O4. The number of hydrogen-bond acceptors (Lipinski definition) is 7. The van der Waals surface area contributed by atoms with Gasteiger partial charge in [0.05, 0.1) is 6.61 Å². The minimum Gasteiger partial charge on any atom is -0.490 e. The monoisotopic (exact) mass is 453 g/mol. The van der Waals surface area contributed by atoms with Crippen molar-refractivity contribution in [3.63, 3.8) is 0 Å². The van der Waals surface area contributed by atoms with Gasteiger partial charge in [-0.15, -0.1) is 0 Å². The molecule has 0 saturated heterocycles. The maximum atomic E-state index is 9.57. The highest BCUT2D eigenvalue weighted by atomic mass is 16.5. The van der Waals surface area contributed by atoms with Crippen molar-refractivity contribution >= 4 is 0 Å². The summed E-state index contributed by atoms with van der Waals surface area (Å²) in [4.78, 5) is 9.51. The molecule has 0 aliphatic heterocycles. The van der Waals surface area contributed by atoms with Crippen molar-refractivity contribution in [1.82, 2.24) is 15.1 Å². The van der Waals surface area contributed by atoms with E-state index in [4.69, 9.17) is 19.4 Å². The fourth-order valence-electron chi connectivity index (χ4n) is 3.82. The number of hydrogen-bond donors (Lipinski definition) is 2. The van der Waals surface area contributed by atoms with Gasteiger partial charge in [-0.25, -0.2) is 0 Å². The Balaban J connectivity index is 1.90. The maximum absolute atomic E-state index is 9.57. The Labute approximate surface area is 195 Å². The summed E-state index contributed by atoms with van der Waals surface area (Å²) < 4.78 is 11.3. The molecule has 0 aliphatic rings. The topological polar surface area (TPSA) is 102 Å². The largest absolute Gasteiger partial charge is 0.490 e. The lowest BCUT2D eigenvalue weighted by atomic mass is 10.0. The van der Waals surface area contributed by atoms with Gasteiger partial charge >= 0.3 is 0 Å². The summed E-state index contributed by atoms with van der Waals surface area (Å²) in [7, 11) is 0. The van der Waals surface area contributed by atoms with E-state index >= 15 is 0 Å². The molecule has 0 bridgehead atoms. The second-order valence-corrected chi connectivity index (χ2v) is 9.54. The van der Waals surface area contributed by atoms with Gasteiger partial charge in [-0.2, -0.15) is 4.98 Å². The van der Waals surface area contributed by atoms with Crippen molar-refractivity contribution in [2.75, 3.05) is 13.2 Å². The van der Waals surface area contributed by atoms with Gasteiger partial charge in [0.1, 0.15) is 18.5 Å². The van der Waals surface area contributed by atoms with E-state index in [1.807, 2.05) is 38.1 Å². The molecule has 0 spiro atoms. The molecule has 2 heterocycles. The van der Waals surface area contributed by atoms with Gasteiger partial charge in [-0.05, 0) is 73.9 Å². The van der Waals surface area contributed by atoms with E-state index < -0.39 is 6.10 Å². The van der Waals surface area contributed by atoms with Crippen LogP contribution in [0.1, 0.15) is 50.2 Å². The highest BCUT2D eigenvalue weighted by Gasteiger charge is 2.17. The molecule has 3 aromatic rings. The van der Waals surface area contributed by atoms with Gasteiger partial charge in [0.25, 0.3) is 5.89 Å². The predicted molar refractivity (Wildman–Crippen MR) is 128 cm³/mol. The molecule has 0 amide bonds. The molecule has 0 aliphatic carbocycles. The van der Waals surface area contributed by atoms with Crippen LogP contribution >= 0.6 is 0 Å². The summed E-state index contributed by atoms with van der Waals surface area (Å²) in [5.41, 5.74) is 5.58. The quantitative estimate of drug-likeness (QED) is 0.464. The number of benzene rings is 1. The molecule has 0 fully saturated rings. The van der Waals surface area contributed by atoms with Crippen LogP contribution in [0.2, 0.25) is 0 Å². The molecule has 1 aromatic carbocycles. The Kier molecular flexibility index (Phi) is 8.21. The first kappa shape index (κ1) is 24.9. The number of pyridine rings is 1. The third-order valence-electron chi connectivity index (χ3n) is 5.19. The normalized spacial score (nSPS) is 12.5. The first-order valence-corrected chi connectivity index (χ1v) is 11.5. The lowest BCUT2D eigenvalue weighted by Gasteiger charge is -2.15. The number of aliphatic hydroxyl groups excluding tert-OH is 2. The number of nitrogens with zero attached hydrogens (tertiary/aromatic N) is 3. The molecule has 178 valence electrons. The van der Waals surface area contributed by atoms with Crippen molar-refractivity contribution in [3.05, 3.63) is 46.8 Å². The highest BCUT2D eigenvalue weighted by molar-refractivity contribution is 5.64. The van der Waals surface area contributed by atoms with Gasteiger partial charge in [-0.1, -0.05) is 32.9 Å². The smallest absolute Gasteiger partial charge is 0.258 e. The van der Waals surface area contributed by atoms with Crippen LogP contribution in [0.4, 0.5) is 0 Å². The Morgan fingerprint density at radius 3 is 1.97 bits per heavy atom. The molecule has 2 aromatic heterocycles. The van der Waals surface area contributed by atoms with E-state index in [0.29, 0.717) is 29.3 Å². The fraction of sp³-hybridized carbons (Fsp3) is 0.500. The lowest BCUT2D eigenvalue weighted by Crippen LogP contribution is -2.21. The van der Waals surface area contributed by atoms with E-state index in [0.717, 1.165) is 46.5 Å². The predicted octanol–water partition coefficient (Wildman–Crippen LogP) is 4.54. The fourth-order valence-corrected chi connectivity index (χ4v) is 3.82. The number of aryl methyl sites for hydroxylation is 2. The van der Waals surface area contributed by atoms with Gasteiger partial charge in [0, 0.05) is 22.5 Å². The number of aromatic nitrogens is 3. The first-order valence-electron chi connectivity index (χ1n) is 11.5. The van der Waals surface area contributed by atoms with E-state index in [-0.39, 0.29) is 13.2 Å². The summed E-state index contributed by atoms with van der Waals surface area (Å²) in [6, 6.07) is 7.95. The average molecular weight is 454 g/mol. The van der Waals surface area contributed by atoms with Crippen LogP contribution in [0.15, 0.2) is 28.8 Å². The summed E-state index contributed by atoms with van der Waals surface area (Å²) in [5, 5.41) is 22.8. The van der Waals surface area contributed by atoms with E-state index in [1.54, 1.807) is 0 Å². The molecule has 2 N–H and O–H groups in total. The Hall–Kier alpha value is -2.77. The molecule has 7 heteroatoms. The van der Waals surface area contributed by atoms with Gasteiger partial charge in [-0.3, -0.25) is 4.98 Å². The van der Waals surface area contributed by atoms with Crippen molar-refractivity contribution in [2.45, 2.75) is 60.5 Å². The Morgan fingerprint density at radius 2 is 1.45 bits per heavy atom. The molecule has 0 unspecified atom stereocenters. The third kappa shape index (κ3) is 6.62. The molecule has 33 heavy (non-hydrogen) atoms. The molecule has 3 rings (SSSR count). The van der Waals surface area contributed by atoms with Crippen LogP contribution in [-0.4, -0.2) is 44.7 Å². The highest BCUT2D eigenvalue weighted by Crippen LogP contribution is 2.31. The van der Waals surface area contributed by atoms with E-state index in [9.17, 15) is 5.11 Å². The van der Waals surface area contributed by atoms with Crippen LogP contribution in [-0.2, 0) is 12.8 Å². The zero-order valence-electron chi connectivity index (χ0n) is 20.4. The van der Waals surface area contributed by atoms with E-state index in [2.05, 4.69) is 37.8 Å². The number of rotatable bonds is 10. The zero-order valence-corrected chi connectivity index (χ0v) is 20.4. The van der Waals surface area contributed by atoms with Crippen LogP contribution in [0.5, 0.6) is 5.75 Å².